The minimum absolute atomic E-state index is 0.729. The highest BCUT2D eigenvalue weighted by Gasteiger charge is 1.83. The predicted molar refractivity (Wildman–Crippen MR) is 32.9 cm³/mol. The fraction of sp³-hybridized carbons (Fsp3) is 0.714. The zero-order chi connectivity index (χ0) is 5.70. The van der Waals surface area contributed by atoms with Crippen LogP contribution in [0.1, 0.15) is 27.2 Å². The van der Waals surface area contributed by atoms with E-state index < -0.39 is 0 Å². The van der Waals surface area contributed by atoms with Gasteiger partial charge in [0.05, 0.1) is 0 Å². The third-order valence-corrected chi connectivity index (χ3v) is 0.687. The van der Waals surface area contributed by atoms with E-state index in [1.807, 2.05) is 6.92 Å². The lowest BCUT2D eigenvalue weighted by molar-refractivity contribution is 0.676. The quantitative estimate of drug-likeness (QED) is 0.438. The van der Waals surface area contributed by atoms with Gasteiger partial charge in [0.2, 0.25) is 0 Å². The lowest BCUT2D eigenvalue weighted by Crippen LogP contribution is -1.80. The summed E-state index contributed by atoms with van der Waals surface area (Å²) in [7, 11) is 0. The van der Waals surface area contributed by atoms with Gasteiger partial charge in [0, 0.05) is 6.42 Å². The van der Waals surface area contributed by atoms with Gasteiger partial charge in [-0.1, -0.05) is 13.8 Å². The molecule has 0 fully saturated rings. The van der Waals surface area contributed by atoms with Crippen molar-refractivity contribution in [3.05, 3.63) is 0 Å². The molecular weight excluding hydrogens is 84.1 g/mol. The van der Waals surface area contributed by atoms with Crippen LogP contribution in [0.25, 0.3) is 0 Å². The standard InChI is InChI=1S/C7H12/c1-4-5-6-7(2)3/h7H,6H2,1-3H3. The van der Waals surface area contributed by atoms with Crippen LogP contribution >= 0.6 is 0 Å². The van der Waals surface area contributed by atoms with Crippen LogP contribution in [0.3, 0.4) is 0 Å². The summed E-state index contributed by atoms with van der Waals surface area (Å²) >= 11 is 0. The Hall–Kier alpha value is -0.440. The first-order valence-corrected chi connectivity index (χ1v) is 2.67. The van der Waals surface area contributed by atoms with Gasteiger partial charge in [-0.15, -0.1) is 11.8 Å². The summed E-state index contributed by atoms with van der Waals surface area (Å²) in [5.74, 6) is 6.58. The minimum Gasteiger partial charge on any atom is -0.107 e. The van der Waals surface area contributed by atoms with Gasteiger partial charge in [-0.25, -0.2) is 0 Å². The lowest BCUT2D eigenvalue weighted by atomic mass is 10.1. The van der Waals surface area contributed by atoms with Crippen molar-refractivity contribution in [2.45, 2.75) is 27.2 Å². The Balaban J connectivity index is 3.08. The summed E-state index contributed by atoms with van der Waals surface area (Å²) in [5, 5.41) is 0. The largest absolute Gasteiger partial charge is 0.107 e. The van der Waals surface area contributed by atoms with Crippen molar-refractivity contribution in [1.82, 2.24) is 0 Å². The average molecular weight is 96.2 g/mol. The van der Waals surface area contributed by atoms with Gasteiger partial charge in [0.1, 0.15) is 0 Å². The molecule has 0 saturated carbocycles. The fourth-order valence-electron chi connectivity index (χ4n) is 0.306. The van der Waals surface area contributed by atoms with Gasteiger partial charge >= 0.3 is 0 Å². The Labute approximate surface area is 45.9 Å². The van der Waals surface area contributed by atoms with E-state index in [-0.39, 0.29) is 0 Å². The maximum Gasteiger partial charge on any atom is 0.0112 e. The second-order valence-electron chi connectivity index (χ2n) is 2.02. The molecule has 0 N–H and O–H groups in total. The topological polar surface area (TPSA) is 0 Å². The Morgan fingerprint density at radius 2 is 2.00 bits per heavy atom. The average Bonchev–Trinajstić information content (AvgIpc) is 1.61. The van der Waals surface area contributed by atoms with E-state index in [1.165, 1.54) is 0 Å². The molecule has 0 rings (SSSR count). The van der Waals surface area contributed by atoms with Crippen LogP contribution < -0.4 is 0 Å². The van der Waals surface area contributed by atoms with Crippen molar-refractivity contribution in [3.63, 3.8) is 0 Å². The van der Waals surface area contributed by atoms with Crippen LogP contribution in [-0.4, -0.2) is 0 Å². The van der Waals surface area contributed by atoms with Crippen LogP contribution in [0.4, 0.5) is 0 Å². The Kier molecular flexibility index (Phi) is 3.50. The molecule has 0 unspecified atom stereocenters. The van der Waals surface area contributed by atoms with Crippen molar-refractivity contribution in [1.29, 1.82) is 0 Å². The molecule has 0 nitrogen and oxygen atoms in total. The van der Waals surface area contributed by atoms with E-state index in [0.717, 1.165) is 12.3 Å². The van der Waals surface area contributed by atoms with Gasteiger partial charge in [0.15, 0.2) is 0 Å². The molecule has 0 aliphatic rings. The normalized spacial score (nSPS) is 8.00. The van der Waals surface area contributed by atoms with Crippen molar-refractivity contribution in [2.24, 2.45) is 5.92 Å². The van der Waals surface area contributed by atoms with Crippen molar-refractivity contribution in [2.75, 3.05) is 0 Å². The zero-order valence-electron chi connectivity index (χ0n) is 5.28. The van der Waals surface area contributed by atoms with Crippen LogP contribution in [0.5, 0.6) is 0 Å². The van der Waals surface area contributed by atoms with Gasteiger partial charge < -0.3 is 0 Å². The highest BCUT2D eigenvalue weighted by atomic mass is 13.9. The molecular formula is C7H12. The van der Waals surface area contributed by atoms with Gasteiger partial charge in [0.25, 0.3) is 0 Å². The number of hydrogen-bond donors (Lipinski definition) is 0. The maximum atomic E-state index is 3.00. The highest BCUT2D eigenvalue weighted by Crippen LogP contribution is 1.94. The molecule has 0 aromatic carbocycles. The summed E-state index contributed by atoms with van der Waals surface area (Å²) < 4.78 is 0. The highest BCUT2D eigenvalue weighted by molar-refractivity contribution is 4.95. The smallest absolute Gasteiger partial charge is 0.0112 e. The summed E-state index contributed by atoms with van der Waals surface area (Å²) in [4.78, 5) is 0. The van der Waals surface area contributed by atoms with E-state index in [4.69, 9.17) is 0 Å². The molecule has 0 atom stereocenters. The maximum absolute atomic E-state index is 3.00. The van der Waals surface area contributed by atoms with E-state index in [9.17, 15) is 0 Å². The summed E-state index contributed by atoms with van der Waals surface area (Å²) in [5.41, 5.74) is 0. The molecule has 40 valence electrons. The molecule has 0 aliphatic heterocycles. The summed E-state index contributed by atoms with van der Waals surface area (Å²) in [6.45, 7) is 6.22. The molecule has 0 aromatic heterocycles. The van der Waals surface area contributed by atoms with Crippen LogP contribution in [-0.2, 0) is 0 Å². The lowest BCUT2D eigenvalue weighted by Gasteiger charge is -1.91. The monoisotopic (exact) mass is 96.1 g/mol. The summed E-state index contributed by atoms with van der Waals surface area (Å²) in [6, 6.07) is 0. The molecule has 0 radical (unpaired) electrons. The molecule has 0 aliphatic carbocycles. The van der Waals surface area contributed by atoms with E-state index >= 15 is 0 Å². The van der Waals surface area contributed by atoms with Gasteiger partial charge in [-0.2, -0.15) is 0 Å². The second-order valence-corrected chi connectivity index (χ2v) is 2.02. The predicted octanol–water partition coefficient (Wildman–Crippen LogP) is 2.06. The van der Waals surface area contributed by atoms with Crippen molar-refractivity contribution >= 4 is 0 Å². The zero-order valence-corrected chi connectivity index (χ0v) is 5.28. The molecule has 0 heterocycles. The molecule has 0 bridgehead atoms. The van der Waals surface area contributed by atoms with Crippen LogP contribution in [0.15, 0.2) is 0 Å². The Morgan fingerprint density at radius 1 is 1.43 bits per heavy atom. The Bertz CT molecular complexity index is 79.9. The SMILES string of the molecule is CC#CCC(C)C. The molecule has 0 aromatic rings. The molecule has 7 heavy (non-hydrogen) atoms. The van der Waals surface area contributed by atoms with Crippen LogP contribution in [0.2, 0.25) is 0 Å². The molecule has 0 saturated heterocycles. The summed E-state index contributed by atoms with van der Waals surface area (Å²) in [6.07, 6.45) is 1.04. The van der Waals surface area contributed by atoms with Crippen molar-refractivity contribution in [3.8, 4) is 11.8 Å². The van der Waals surface area contributed by atoms with E-state index in [1.54, 1.807) is 0 Å². The third-order valence-electron chi connectivity index (χ3n) is 0.687. The first kappa shape index (κ1) is 6.56. The van der Waals surface area contributed by atoms with E-state index in [0.29, 0.717) is 0 Å². The first-order chi connectivity index (χ1) is 3.27. The minimum atomic E-state index is 0.729. The van der Waals surface area contributed by atoms with Gasteiger partial charge in [-0.3, -0.25) is 0 Å². The Morgan fingerprint density at radius 3 is 2.14 bits per heavy atom. The van der Waals surface area contributed by atoms with Crippen molar-refractivity contribution < 1.29 is 0 Å². The number of hydrogen-bond acceptors (Lipinski definition) is 0. The fourth-order valence-corrected chi connectivity index (χ4v) is 0.306. The van der Waals surface area contributed by atoms with E-state index in [2.05, 4.69) is 25.7 Å². The van der Waals surface area contributed by atoms with Gasteiger partial charge in [-0.05, 0) is 12.8 Å². The van der Waals surface area contributed by atoms with Crippen LogP contribution in [0, 0.1) is 17.8 Å². The molecule has 0 heteroatoms. The first-order valence-electron chi connectivity index (χ1n) is 2.67. The second kappa shape index (κ2) is 3.74. The number of rotatable bonds is 1. The molecule has 0 spiro atoms. The third kappa shape index (κ3) is 5.56. The molecule has 0 amide bonds.